The van der Waals surface area contributed by atoms with Gasteiger partial charge < -0.3 is 20.1 Å². The topological polar surface area (TPSA) is 127 Å². The number of nitrogens with one attached hydrogen (secondary N) is 1. The molecule has 7 nitrogen and oxygen atoms in total. The molecule has 4 saturated carbocycles. The molecule has 0 radical (unpaired) electrons. The fraction of sp³-hybridized carbons (Fsp3) is 0.962. The van der Waals surface area contributed by atoms with Crippen molar-refractivity contribution in [2.75, 3.05) is 12.3 Å². The van der Waals surface area contributed by atoms with E-state index in [1.54, 1.807) is 0 Å². The summed E-state index contributed by atoms with van der Waals surface area (Å²) in [5.74, 6) is -0.783. The third-order valence-electron chi connectivity index (χ3n) is 10.2. The molecule has 3 unspecified atom stereocenters. The Morgan fingerprint density at radius 1 is 1.17 bits per heavy atom. The van der Waals surface area contributed by atoms with Gasteiger partial charge >= 0.3 is 29.6 Å². The van der Waals surface area contributed by atoms with Crippen molar-refractivity contribution in [1.82, 2.24) is 5.32 Å². The molecule has 4 aliphatic carbocycles. The summed E-state index contributed by atoms with van der Waals surface area (Å²) in [4.78, 5) is 12.2. The molecular formula is C26H44NNaO6S. The van der Waals surface area contributed by atoms with Crippen LogP contribution in [0.2, 0.25) is 0 Å². The van der Waals surface area contributed by atoms with Gasteiger partial charge in [-0.25, -0.2) is 8.42 Å². The second-order valence-corrected chi connectivity index (χ2v) is 13.5. The molecule has 0 aromatic carbocycles. The second-order valence-electron chi connectivity index (χ2n) is 12.0. The minimum absolute atomic E-state index is 0. The van der Waals surface area contributed by atoms with Gasteiger partial charge in [-0.05, 0) is 104 Å². The second kappa shape index (κ2) is 11.2. The number of aliphatic hydroxyl groups is 2. The Labute approximate surface area is 239 Å². The van der Waals surface area contributed by atoms with Gasteiger partial charge in [0, 0.05) is 18.4 Å². The molecule has 9 heteroatoms. The average Bonchev–Trinajstić information content (AvgIpc) is 3.14. The summed E-state index contributed by atoms with van der Waals surface area (Å²) in [5.41, 5.74) is -0.707. The van der Waals surface area contributed by atoms with E-state index in [1.807, 2.05) is 6.92 Å². The molecule has 4 fully saturated rings. The van der Waals surface area contributed by atoms with Crippen molar-refractivity contribution in [3.63, 3.8) is 0 Å². The normalized spacial score (nSPS) is 48.3. The predicted molar refractivity (Wildman–Crippen MR) is 129 cm³/mol. The van der Waals surface area contributed by atoms with Crippen LogP contribution in [0.25, 0.3) is 0 Å². The summed E-state index contributed by atoms with van der Waals surface area (Å²) in [6.45, 7) is 6.22. The summed E-state index contributed by atoms with van der Waals surface area (Å²) in [6.07, 6.45) is -1.81. The maximum Gasteiger partial charge on any atom is 1.00 e. The largest absolute Gasteiger partial charge is 1.00 e. The van der Waals surface area contributed by atoms with Gasteiger partial charge in [-0.3, -0.25) is 4.79 Å². The third-order valence-corrected chi connectivity index (χ3v) is 10.9. The standard InChI is InChI=1S/C26H45NO6S.Na/c1-16(4-7-23(30)27-12-13-34(31,32)33)19-5-6-20-24-21(9-11-26(19,20)3)25(2)10-8-18(28)14-17(25)15-22(24)29;/h16-22,24,28-29H,4-15H2,1-3H3,(H,27,30)(H,31,32,33);/q;+1/p-1/t16-,17+,18-,19-,20?,21?,22+,24?,25+,26-;/m1./s1/i8D2,14D2;. The Hall–Kier alpha value is 0.300. The van der Waals surface area contributed by atoms with E-state index in [1.165, 1.54) is 0 Å². The monoisotopic (exact) mass is 525 g/mol. The van der Waals surface area contributed by atoms with E-state index in [-0.39, 0.29) is 90.4 Å². The molecule has 0 spiro atoms. The molecule has 35 heavy (non-hydrogen) atoms. The smallest absolute Gasteiger partial charge is 0.748 e. The van der Waals surface area contributed by atoms with Crippen molar-refractivity contribution in [2.24, 2.45) is 46.3 Å². The van der Waals surface area contributed by atoms with Crippen LogP contribution in [0.1, 0.15) is 90.4 Å². The SMILES string of the molecule is [2H]C1([2H])C[C@]2(C)C3CC[C@@]4(C)C(CC[C@@H]4[C@H](C)CCC(=O)NCCS(=O)(=O)[O-])C3[C@@H](O)C[C@@H]2C([2H])([2H])[C@@H]1O.[Na+]. The Morgan fingerprint density at radius 3 is 2.54 bits per heavy atom. The van der Waals surface area contributed by atoms with E-state index in [0.29, 0.717) is 12.3 Å². The Bertz CT molecular complexity index is 1030. The first-order valence-electron chi connectivity index (χ1n) is 14.9. The Kier molecular flexibility index (Phi) is 7.78. The van der Waals surface area contributed by atoms with Crippen LogP contribution >= 0.6 is 0 Å². The van der Waals surface area contributed by atoms with Gasteiger partial charge in [0.2, 0.25) is 5.91 Å². The van der Waals surface area contributed by atoms with Crippen molar-refractivity contribution in [2.45, 2.75) is 97.1 Å². The van der Waals surface area contributed by atoms with Gasteiger partial charge in [0.25, 0.3) is 0 Å². The minimum atomic E-state index is -4.37. The van der Waals surface area contributed by atoms with Crippen LogP contribution in [0.4, 0.5) is 0 Å². The fourth-order valence-electron chi connectivity index (χ4n) is 8.44. The summed E-state index contributed by atoms with van der Waals surface area (Å²) in [5, 5.41) is 24.5. The number of fused-ring (bicyclic) bond motifs is 5. The van der Waals surface area contributed by atoms with Crippen LogP contribution in [0.15, 0.2) is 0 Å². The number of carbonyl (C=O) groups is 1. The minimum Gasteiger partial charge on any atom is -0.748 e. The van der Waals surface area contributed by atoms with Crippen molar-refractivity contribution < 1.29 is 63.0 Å². The van der Waals surface area contributed by atoms with Crippen LogP contribution in [0, 0.1) is 46.3 Å². The number of aliphatic hydroxyl groups excluding tert-OH is 2. The Balaban J connectivity index is 0.00000420. The molecule has 4 aliphatic rings. The molecule has 1 amide bonds. The molecule has 10 atom stereocenters. The Morgan fingerprint density at radius 2 is 1.86 bits per heavy atom. The molecule has 0 aromatic heterocycles. The van der Waals surface area contributed by atoms with Crippen molar-refractivity contribution in [3.05, 3.63) is 0 Å². The van der Waals surface area contributed by atoms with Crippen LogP contribution in [0.3, 0.4) is 0 Å². The van der Waals surface area contributed by atoms with Crippen molar-refractivity contribution in [3.8, 4) is 0 Å². The van der Waals surface area contributed by atoms with Gasteiger partial charge in [0.15, 0.2) is 0 Å². The van der Waals surface area contributed by atoms with Crippen molar-refractivity contribution >= 4 is 16.0 Å². The number of hydrogen-bond acceptors (Lipinski definition) is 6. The molecule has 0 aliphatic heterocycles. The van der Waals surface area contributed by atoms with Gasteiger partial charge in [-0.2, -0.15) is 0 Å². The number of rotatable bonds is 7. The van der Waals surface area contributed by atoms with Crippen molar-refractivity contribution in [1.29, 1.82) is 0 Å². The molecule has 0 saturated heterocycles. The first-order valence-corrected chi connectivity index (χ1v) is 14.5. The van der Waals surface area contributed by atoms with Crippen LogP contribution in [-0.4, -0.2) is 53.6 Å². The molecule has 3 N–H and O–H groups in total. The zero-order valence-electron chi connectivity index (χ0n) is 25.6. The summed E-state index contributed by atoms with van der Waals surface area (Å²) in [7, 11) is -4.37. The molecule has 0 heterocycles. The summed E-state index contributed by atoms with van der Waals surface area (Å²) >= 11 is 0. The molecule has 196 valence electrons. The number of carbonyl (C=O) groups excluding carboxylic acids is 1. The number of hydrogen-bond donors (Lipinski definition) is 3. The van der Waals surface area contributed by atoms with E-state index < -0.39 is 52.2 Å². The first kappa shape index (κ1) is 24.3. The summed E-state index contributed by atoms with van der Waals surface area (Å²) in [6, 6.07) is 0. The number of amides is 1. The van der Waals surface area contributed by atoms with Gasteiger partial charge in [0.1, 0.15) is 0 Å². The summed E-state index contributed by atoms with van der Waals surface area (Å²) < 4.78 is 66.5. The van der Waals surface area contributed by atoms with Crippen LogP contribution in [0.5, 0.6) is 0 Å². The quantitative estimate of drug-likeness (QED) is 0.319. The maximum atomic E-state index is 12.2. The van der Waals surface area contributed by atoms with E-state index in [2.05, 4.69) is 19.2 Å². The first-order chi connectivity index (χ1) is 17.3. The zero-order chi connectivity index (χ0) is 28.5. The van der Waals surface area contributed by atoms with Crippen LogP contribution in [-0.2, 0) is 14.9 Å². The maximum absolute atomic E-state index is 12.2. The molecule has 0 bridgehead atoms. The van der Waals surface area contributed by atoms with E-state index in [4.69, 9.17) is 5.48 Å². The predicted octanol–water partition coefficient (Wildman–Crippen LogP) is 0.0587. The van der Waals surface area contributed by atoms with E-state index >= 15 is 0 Å². The van der Waals surface area contributed by atoms with Gasteiger partial charge in [0.05, 0.1) is 28.1 Å². The molecule has 4 rings (SSSR count). The van der Waals surface area contributed by atoms with Gasteiger partial charge in [-0.1, -0.05) is 20.8 Å². The zero-order valence-corrected chi connectivity index (χ0v) is 24.4. The fourth-order valence-corrected chi connectivity index (χ4v) is 8.80. The van der Waals surface area contributed by atoms with E-state index in [0.717, 1.165) is 25.7 Å². The van der Waals surface area contributed by atoms with Crippen LogP contribution < -0.4 is 34.9 Å². The molecule has 0 aromatic rings. The average molecular weight is 526 g/mol. The van der Waals surface area contributed by atoms with E-state index in [9.17, 15) is 28.0 Å². The van der Waals surface area contributed by atoms with Gasteiger partial charge in [-0.15, -0.1) is 0 Å². The third kappa shape index (κ3) is 5.99. The molecular weight excluding hydrogens is 477 g/mol.